The summed E-state index contributed by atoms with van der Waals surface area (Å²) in [4.78, 5) is 0. The van der Waals surface area contributed by atoms with Crippen LogP contribution in [0.1, 0.15) is 11.5 Å². The van der Waals surface area contributed by atoms with Crippen molar-refractivity contribution in [1.29, 1.82) is 0 Å². The number of nitrogens with one attached hydrogen (secondary N) is 1. The lowest BCUT2D eigenvalue weighted by Crippen LogP contribution is -1.98. The minimum atomic E-state index is 0.433. The highest BCUT2D eigenvalue weighted by atomic mass is 16.5. The molecule has 1 aromatic carbocycles. The van der Waals surface area contributed by atoms with Gasteiger partial charge in [-0.15, -0.1) is 0 Å². The van der Waals surface area contributed by atoms with Crippen molar-refractivity contribution in [3.05, 3.63) is 47.9 Å². The Morgan fingerprint density at radius 2 is 1.82 bits per heavy atom. The Balaban J connectivity index is 1.92. The fourth-order valence-corrected chi connectivity index (χ4v) is 1.53. The Bertz CT molecular complexity index is 463. The van der Waals surface area contributed by atoms with E-state index in [1.807, 2.05) is 36.4 Å². The van der Waals surface area contributed by atoms with Crippen LogP contribution in [0.25, 0.3) is 0 Å². The Labute approximate surface area is 100 Å². The van der Waals surface area contributed by atoms with Gasteiger partial charge < -0.3 is 20.2 Å². The van der Waals surface area contributed by atoms with Gasteiger partial charge in [0.05, 0.1) is 20.2 Å². The molecule has 0 amide bonds. The Hall–Kier alpha value is -1.94. The summed E-state index contributed by atoms with van der Waals surface area (Å²) < 4.78 is 10.6. The summed E-state index contributed by atoms with van der Waals surface area (Å²) in [5, 5.41) is 3.26. The number of anilines is 1. The molecule has 0 saturated carbocycles. The third-order valence-corrected chi connectivity index (χ3v) is 2.48. The van der Waals surface area contributed by atoms with Gasteiger partial charge in [0, 0.05) is 5.69 Å². The number of benzene rings is 1. The number of nitrogens with two attached hydrogens (primary N) is 1. The van der Waals surface area contributed by atoms with Crippen molar-refractivity contribution in [2.24, 2.45) is 5.73 Å². The molecular weight excluding hydrogens is 216 g/mol. The molecule has 4 heteroatoms. The van der Waals surface area contributed by atoms with Crippen molar-refractivity contribution < 1.29 is 9.15 Å². The molecule has 0 atom stereocenters. The van der Waals surface area contributed by atoms with E-state index in [2.05, 4.69) is 5.32 Å². The lowest BCUT2D eigenvalue weighted by atomic mass is 10.3. The molecule has 17 heavy (non-hydrogen) atoms. The zero-order valence-electron chi connectivity index (χ0n) is 9.77. The maximum Gasteiger partial charge on any atom is 0.123 e. The molecule has 0 saturated heterocycles. The Morgan fingerprint density at radius 1 is 1.12 bits per heavy atom. The van der Waals surface area contributed by atoms with Crippen LogP contribution in [-0.2, 0) is 13.1 Å². The molecule has 0 spiro atoms. The summed E-state index contributed by atoms with van der Waals surface area (Å²) in [6.45, 7) is 1.08. The molecule has 0 unspecified atom stereocenters. The molecule has 2 rings (SSSR count). The number of rotatable bonds is 5. The van der Waals surface area contributed by atoms with E-state index in [1.165, 1.54) is 0 Å². The van der Waals surface area contributed by atoms with Crippen LogP contribution >= 0.6 is 0 Å². The molecule has 1 aromatic heterocycles. The molecule has 1 heterocycles. The number of furan rings is 1. The highest BCUT2D eigenvalue weighted by Crippen LogP contribution is 2.16. The van der Waals surface area contributed by atoms with Crippen molar-refractivity contribution in [2.75, 3.05) is 12.4 Å². The van der Waals surface area contributed by atoms with E-state index < -0.39 is 0 Å². The topological polar surface area (TPSA) is 60.4 Å². The van der Waals surface area contributed by atoms with Gasteiger partial charge in [-0.05, 0) is 36.4 Å². The highest BCUT2D eigenvalue weighted by molar-refractivity contribution is 5.46. The normalized spacial score (nSPS) is 10.2. The van der Waals surface area contributed by atoms with E-state index in [1.54, 1.807) is 7.11 Å². The molecule has 0 aliphatic rings. The first-order valence-electron chi connectivity index (χ1n) is 5.47. The smallest absolute Gasteiger partial charge is 0.123 e. The van der Waals surface area contributed by atoms with Crippen LogP contribution in [0.3, 0.4) is 0 Å². The molecule has 90 valence electrons. The average Bonchev–Trinajstić information content (AvgIpc) is 2.85. The quantitative estimate of drug-likeness (QED) is 0.830. The Kier molecular flexibility index (Phi) is 3.67. The van der Waals surface area contributed by atoms with Crippen LogP contribution in [0.5, 0.6) is 5.75 Å². The molecule has 4 nitrogen and oxygen atoms in total. The molecule has 3 N–H and O–H groups in total. The minimum Gasteiger partial charge on any atom is -0.497 e. The third kappa shape index (κ3) is 3.01. The first-order valence-corrected chi connectivity index (χ1v) is 5.47. The summed E-state index contributed by atoms with van der Waals surface area (Å²) in [5.74, 6) is 2.52. The van der Waals surface area contributed by atoms with Crippen LogP contribution in [0, 0.1) is 0 Å². The predicted molar refractivity (Wildman–Crippen MR) is 66.9 cm³/mol. The molecule has 0 fully saturated rings. The Morgan fingerprint density at radius 3 is 2.41 bits per heavy atom. The standard InChI is InChI=1S/C13H16N2O2/c1-16-11-4-2-10(3-5-11)15-9-13-7-6-12(8-14)17-13/h2-7,15H,8-9,14H2,1H3. The molecule has 2 aromatic rings. The van der Waals surface area contributed by atoms with Gasteiger partial charge in [-0.2, -0.15) is 0 Å². The van der Waals surface area contributed by atoms with Crippen LogP contribution in [0.15, 0.2) is 40.8 Å². The zero-order chi connectivity index (χ0) is 12.1. The molecule has 0 radical (unpaired) electrons. The summed E-state index contributed by atoms with van der Waals surface area (Å²) in [6.07, 6.45) is 0. The van der Waals surface area contributed by atoms with Gasteiger partial charge >= 0.3 is 0 Å². The number of hydrogen-bond acceptors (Lipinski definition) is 4. The predicted octanol–water partition coefficient (Wildman–Crippen LogP) is 2.36. The second kappa shape index (κ2) is 5.41. The zero-order valence-corrected chi connectivity index (χ0v) is 9.77. The second-order valence-electron chi connectivity index (χ2n) is 3.65. The van der Waals surface area contributed by atoms with E-state index >= 15 is 0 Å². The highest BCUT2D eigenvalue weighted by Gasteiger charge is 2.00. The van der Waals surface area contributed by atoms with E-state index in [-0.39, 0.29) is 0 Å². The summed E-state index contributed by atoms with van der Waals surface area (Å²) in [6, 6.07) is 11.6. The molecule has 0 aliphatic carbocycles. The second-order valence-corrected chi connectivity index (χ2v) is 3.65. The van der Waals surface area contributed by atoms with E-state index in [9.17, 15) is 0 Å². The minimum absolute atomic E-state index is 0.433. The maximum absolute atomic E-state index is 5.49. The van der Waals surface area contributed by atoms with Crippen LogP contribution < -0.4 is 15.8 Å². The molecular formula is C13H16N2O2. The first-order chi connectivity index (χ1) is 8.31. The lowest BCUT2D eigenvalue weighted by molar-refractivity contribution is 0.415. The number of ether oxygens (including phenoxy) is 1. The average molecular weight is 232 g/mol. The van der Waals surface area contributed by atoms with Gasteiger partial charge in [-0.25, -0.2) is 0 Å². The van der Waals surface area contributed by atoms with Crippen molar-refractivity contribution in [2.45, 2.75) is 13.1 Å². The SMILES string of the molecule is COc1ccc(NCc2ccc(CN)o2)cc1. The fourth-order valence-electron chi connectivity index (χ4n) is 1.53. The number of hydrogen-bond donors (Lipinski definition) is 2. The molecule has 0 bridgehead atoms. The van der Waals surface area contributed by atoms with Crippen LogP contribution in [0.4, 0.5) is 5.69 Å². The van der Waals surface area contributed by atoms with Crippen LogP contribution in [-0.4, -0.2) is 7.11 Å². The van der Waals surface area contributed by atoms with Gasteiger partial charge in [-0.3, -0.25) is 0 Å². The summed E-state index contributed by atoms with van der Waals surface area (Å²) in [5.41, 5.74) is 6.50. The first kappa shape index (κ1) is 11.5. The van der Waals surface area contributed by atoms with Gasteiger partial charge in [0.1, 0.15) is 17.3 Å². The molecule has 0 aliphatic heterocycles. The van der Waals surface area contributed by atoms with E-state index in [0.717, 1.165) is 23.0 Å². The largest absolute Gasteiger partial charge is 0.497 e. The van der Waals surface area contributed by atoms with Crippen LogP contribution in [0.2, 0.25) is 0 Å². The van der Waals surface area contributed by atoms with E-state index in [4.69, 9.17) is 14.9 Å². The fraction of sp³-hybridized carbons (Fsp3) is 0.231. The summed E-state index contributed by atoms with van der Waals surface area (Å²) in [7, 11) is 1.65. The number of methoxy groups -OCH3 is 1. The van der Waals surface area contributed by atoms with Crippen molar-refractivity contribution in [1.82, 2.24) is 0 Å². The van der Waals surface area contributed by atoms with Gasteiger partial charge in [0.2, 0.25) is 0 Å². The lowest BCUT2D eigenvalue weighted by Gasteiger charge is -2.05. The van der Waals surface area contributed by atoms with Crippen molar-refractivity contribution in [3.63, 3.8) is 0 Å². The van der Waals surface area contributed by atoms with Crippen molar-refractivity contribution in [3.8, 4) is 5.75 Å². The van der Waals surface area contributed by atoms with Crippen molar-refractivity contribution >= 4 is 5.69 Å². The third-order valence-electron chi connectivity index (χ3n) is 2.48. The monoisotopic (exact) mass is 232 g/mol. The van der Waals surface area contributed by atoms with Gasteiger partial charge in [0.15, 0.2) is 0 Å². The van der Waals surface area contributed by atoms with Gasteiger partial charge in [0.25, 0.3) is 0 Å². The van der Waals surface area contributed by atoms with Gasteiger partial charge in [-0.1, -0.05) is 0 Å². The van der Waals surface area contributed by atoms with E-state index in [0.29, 0.717) is 13.1 Å². The summed E-state index contributed by atoms with van der Waals surface area (Å²) >= 11 is 0. The maximum atomic E-state index is 5.49.